The maximum atomic E-state index is 5.90. The minimum Gasteiger partial charge on any atom is -0.398 e. The van der Waals surface area contributed by atoms with Crippen molar-refractivity contribution in [2.45, 2.75) is 10.8 Å². The molecular formula is C12H10ClN5S. The number of nitrogen functional groups attached to an aromatic ring is 1. The number of aromatic amines is 1. The zero-order chi connectivity index (χ0) is 13.2. The molecule has 0 saturated carbocycles. The predicted octanol–water partition coefficient (Wildman–Crippen LogP) is 2.88. The molecule has 19 heavy (non-hydrogen) atoms. The largest absolute Gasteiger partial charge is 0.398 e. The molecular weight excluding hydrogens is 282 g/mol. The summed E-state index contributed by atoms with van der Waals surface area (Å²) in [6.07, 6.45) is 3.13. The molecule has 2 heterocycles. The summed E-state index contributed by atoms with van der Waals surface area (Å²) in [5, 5.41) is 1.45. The quantitative estimate of drug-likeness (QED) is 0.440. The summed E-state index contributed by atoms with van der Waals surface area (Å²) >= 11 is 7.50. The van der Waals surface area contributed by atoms with Gasteiger partial charge in [0.2, 0.25) is 0 Å². The van der Waals surface area contributed by atoms with Crippen molar-refractivity contribution >= 4 is 40.2 Å². The standard InChI is InChI=1S/C12H10ClN5S/c13-8-2-1-7(3-9(8)14)4-19-12-10-11(16-5-15-10)17-6-18-12/h1-3,5-6H,4,14H2,(H,15,16,17,18). The molecule has 0 spiro atoms. The Morgan fingerprint density at radius 3 is 3.00 bits per heavy atom. The van der Waals surface area contributed by atoms with Crippen LogP contribution in [0.5, 0.6) is 0 Å². The number of nitrogens with two attached hydrogens (primary N) is 1. The predicted molar refractivity (Wildman–Crippen MR) is 77.1 cm³/mol. The Morgan fingerprint density at radius 2 is 2.16 bits per heavy atom. The van der Waals surface area contributed by atoms with Gasteiger partial charge in [0, 0.05) is 5.75 Å². The third-order valence-electron chi connectivity index (χ3n) is 2.62. The van der Waals surface area contributed by atoms with Gasteiger partial charge in [-0.1, -0.05) is 29.4 Å². The van der Waals surface area contributed by atoms with E-state index < -0.39 is 0 Å². The van der Waals surface area contributed by atoms with Gasteiger partial charge in [-0.25, -0.2) is 15.0 Å². The molecule has 5 nitrogen and oxygen atoms in total. The van der Waals surface area contributed by atoms with Gasteiger partial charge in [0.25, 0.3) is 0 Å². The Bertz CT molecular complexity index is 727. The summed E-state index contributed by atoms with van der Waals surface area (Å²) in [5.74, 6) is 0.756. The lowest BCUT2D eigenvalue weighted by atomic mass is 10.2. The highest BCUT2D eigenvalue weighted by atomic mass is 35.5. The van der Waals surface area contributed by atoms with Crippen molar-refractivity contribution in [2.75, 3.05) is 5.73 Å². The van der Waals surface area contributed by atoms with E-state index in [1.807, 2.05) is 12.1 Å². The van der Waals surface area contributed by atoms with Gasteiger partial charge in [-0.2, -0.15) is 0 Å². The fourth-order valence-electron chi connectivity index (χ4n) is 1.69. The van der Waals surface area contributed by atoms with Crippen LogP contribution in [0.4, 0.5) is 5.69 Å². The molecule has 3 rings (SSSR count). The summed E-state index contributed by atoms with van der Waals surface area (Å²) in [4.78, 5) is 15.5. The van der Waals surface area contributed by atoms with Crippen molar-refractivity contribution in [2.24, 2.45) is 0 Å². The van der Waals surface area contributed by atoms with Gasteiger partial charge in [0.15, 0.2) is 5.65 Å². The highest BCUT2D eigenvalue weighted by Crippen LogP contribution is 2.27. The number of H-pyrrole nitrogens is 1. The first kappa shape index (κ1) is 12.3. The van der Waals surface area contributed by atoms with Crippen LogP contribution in [0.15, 0.2) is 35.9 Å². The van der Waals surface area contributed by atoms with Crippen molar-refractivity contribution in [3.63, 3.8) is 0 Å². The fourth-order valence-corrected chi connectivity index (χ4v) is 2.70. The molecule has 0 bridgehead atoms. The van der Waals surface area contributed by atoms with E-state index in [4.69, 9.17) is 17.3 Å². The molecule has 1 aromatic carbocycles. The first-order chi connectivity index (χ1) is 9.24. The normalized spacial score (nSPS) is 11.0. The molecule has 3 N–H and O–H groups in total. The molecule has 0 radical (unpaired) electrons. The molecule has 0 atom stereocenters. The second kappa shape index (κ2) is 5.07. The highest BCUT2D eigenvalue weighted by molar-refractivity contribution is 7.98. The van der Waals surface area contributed by atoms with Crippen LogP contribution in [0.25, 0.3) is 11.2 Å². The molecule has 96 valence electrons. The molecule has 0 saturated heterocycles. The fraction of sp³-hybridized carbons (Fsp3) is 0.0833. The van der Waals surface area contributed by atoms with E-state index in [0.29, 0.717) is 16.4 Å². The van der Waals surface area contributed by atoms with Gasteiger partial charge in [0.05, 0.1) is 17.0 Å². The highest BCUT2D eigenvalue weighted by Gasteiger charge is 2.07. The van der Waals surface area contributed by atoms with Crippen molar-refractivity contribution in [3.05, 3.63) is 41.4 Å². The molecule has 0 aliphatic rings. The second-order valence-electron chi connectivity index (χ2n) is 3.92. The average molecular weight is 292 g/mol. The van der Waals surface area contributed by atoms with Crippen molar-refractivity contribution < 1.29 is 0 Å². The SMILES string of the molecule is Nc1cc(CSc2ncnc3nc[nH]c23)ccc1Cl. The summed E-state index contributed by atoms with van der Waals surface area (Å²) in [7, 11) is 0. The molecule has 0 aliphatic heterocycles. The lowest BCUT2D eigenvalue weighted by Gasteiger charge is -2.04. The number of imidazole rings is 1. The summed E-state index contributed by atoms with van der Waals surface area (Å²) in [6.45, 7) is 0. The number of hydrogen-bond donors (Lipinski definition) is 2. The molecule has 0 fully saturated rings. The van der Waals surface area contributed by atoms with Gasteiger partial charge in [-0.15, -0.1) is 0 Å². The van der Waals surface area contributed by atoms with Gasteiger partial charge in [0.1, 0.15) is 16.9 Å². The molecule has 3 aromatic rings. The molecule has 0 aliphatic carbocycles. The lowest BCUT2D eigenvalue weighted by molar-refractivity contribution is 1.08. The van der Waals surface area contributed by atoms with E-state index in [1.165, 1.54) is 6.33 Å². The van der Waals surface area contributed by atoms with Crippen molar-refractivity contribution in [1.29, 1.82) is 0 Å². The van der Waals surface area contributed by atoms with Crippen LogP contribution in [0.1, 0.15) is 5.56 Å². The van der Waals surface area contributed by atoms with Gasteiger partial charge < -0.3 is 10.7 Å². The van der Waals surface area contributed by atoms with Gasteiger partial charge in [-0.05, 0) is 17.7 Å². The molecule has 0 unspecified atom stereocenters. The smallest absolute Gasteiger partial charge is 0.181 e. The minimum atomic E-state index is 0.576. The Hall–Kier alpha value is -1.79. The van der Waals surface area contributed by atoms with Crippen LogP contribution < -0.4 is 5.73 Å². The van der Waals surface area contributed by atoms with Crippen LogP contribution in [-0.4, -0.2) is 19.9 Å². The van der Waals surface area contributed by atoms with E-state index in [-0.39, 0.29) is 0 Å². The number of rotatable bonds is 3. The zero-order valence-electron chi connectivity index (χ0n) is 9.80. The number of aromatic nitrogens is 4. The number of nitrogens with zero attached hydrogens (tertiary/aromatic N) is 3. The summed E-state index contributed by atoms with van der Waals surface area (Å²) in [6, 6.07) is 5.64. The number of benzene rings is 1. The van der Waals surface area contributed by atoms with Crippen LogP contribution in [0.2, 0.25) is 5.02 Å². The first-order valence-electron chi connectivity index (χ1n) is 5.55. The molecule has 7 heteroatoms. The summed E-state index contributed by atoms with van der Waals surface area (Å²) < 4.78 is 0. The maximum absolute atomic E-state index is 5.90. The number of hydrogen-bond acceptors (Lipinski definition) is 5. The van der Waals surface area contributed by atoms with Crippen LogP contribution >= 0.6 is 23.4 Å². The third kappa shape index (κ3) is 2.50. The number of halogens is 1. The molecule has 2 aromatic heterocycles. The second-order valence-corrected chi connectivity index (χ2v) is 5.30. The van der Waals surface area contributed by atoms with Gasteiger partial charge >= 0.3 is 0 Å². The van der Waals surface area contributed by atoms with E-state index in [2.05, 4.69) is 19.9 Å². The van der Waals surface area contributed by atoms with E-state index in [0.717, 1.165) is 21.9 Å². The zero-order valence-corrected chi connectivity index (χ0v) is 11.4. The van der Waals surface area contributed by atoms with Crippen molar-refractivity contribution in [3.8, 4) is 0 Å². The van der Waals surface area contributed by atoms with Crippen LogP contribution in [-0.2, 0) is 5.75 Å². The Labute approximate surface area is 118 Å². The number of thioether (sulfide) groups is 1. The Morgan fingerprint density at radius 1 is 1.26 bits per heavy atom. The van der Waals surface area contributed by atoms with Crippen LogP contribution in [0, 0.1) is 0 Å². The first-order valence-corrected chi connectivity index (χ1v) is 6.91. The van der Waals surface area contributed by atoms with E-state index in [9.17, 15) is 0 Å². The number of fused-ring (bicyclic) bond motifs is 1. The summed E-state index contributed by atoms with van der Waals surface area (Å²) in [5.41, 5.74) is 9.00. The average Bonchev–Trinajstić information content (AvgIpc) is 2.89. The van der Waals surface area contributed by atoms with Crippen molar-refractivity contribution in [1.82, 2.24) is 19.9 Å². The maximum Gasteiger partial charge on any atom is 0.181 e. The van der Waals surface area contributed by atoms with Crippen LogP contribution in [0.3, 0.4) is 0 Å². The minimum absolute atomic E-state index is 0.576. The monoisotopic (exact) mass is 291 g/mol. The Kier molecular flexibility index (Phi) is 3.27. The van der Waals surface area contributed by atoms with E-state index in [1.54, 1.807) is 24.2 Å². The van der Waals surface area contributed by atoms with E-state index >= 15 is 0 Å². The van der Waals surface area contributed by atoms with Gasteiger partial charge in [-0.3, -0.25) is 0 Å². The molecule has 0 amide bonds. The number of anilines is 1. The number of nitrogens with one attached hydrogen (secondary N) is 1. The lowest BCUT2D eigenvalue weighted by Crippen LogP contribution is -1.90. The third-order valence-corrected chi connectivity index (χ3v) is 4.03. The Balaban J connectivity index is 1.82. The topological polar surface area (TPSA) is 80.5 Å².